The minimum absolute atomic E-state index is 0.130. The Morgan fingerprint density at radius 3 is 2.85 bits per heavy atom. The van der Waals surface area contributed by atoms with Crippen LogP contribution in [0.3, 0.4) is 0 Å². The molecule has 0 aliphatic rings. The van der Waals surface area contributed by atoms with Crippen molar-refractivity contribution in [2.24, 2.45) is 5.73 Å². The topological polar surface area (TPSA) is 48.1 Å². The highest BCUT2D eigenvalue weighted by molar-refractivity contribution is 9.10. The van der Waals surface area contributed by atoms with Gasteiger partial charge >= 0.3 is 0 Å². The highest BCUT2D eigenvalue weighted by Gasteiger charge is 2.21. The van der Waals surface area contributed by atoms with Crippen molar-refractivity contribution in [3.8, 4) is 5.75 Å². The van der Waals surface area contributed by atoms with E-state index in [1.165, 1.54) is 0 Å². The van der Waals surface area contributed by atoms with Crippen molar-refractivity contribution < 1.29 is 4.74 Å². The Morgan fingerprint density at radius 1 is 1.40 bits per heavy atom. The molecular formula is C15H16BrClN2O. The molecule has 1 aromatic carbocycles. The van der Waals surface area contributed by atoms with Crippen LogP contribution >= 0.6 is 27.5 Å². The standard InChI is InChI=1S/C15H16BrClN2O/c1-2-13(18)15(10-4-3-7-19-9-10)20-14-8-11(16)5-6-12(14)17/h3-9,13,15H,2,18H2,1H3. The molecule has 20 heavy (non-hydrogen) atoms. The van der Waals surface area contributed by atoms with Gasteiger partial charge in [0.05, 0.1) is 5.02 Å². The van der Waals surface area contributed by atoms with Crippen LogP contribution in [0.2, 0.25) is 5.02 Å². The highest BCUT2D eigenvalue weighted by atomic mass is 79.9. The number of halogens is 2. The van der Waals surface area contributed by atoms with Gasteiger partial charge in [-0.25, -0.2) is 0 Å². The lowest BCUT2D eigenvalue weighted by molar-refractivity contribution is 0.170. The largest absolute Gasteiger partial charge is 0.482 e. The summed E-state index contributed by atoms with van der Waals surface area (Å²) in [6, 6.07) is 9.20. The van der Waals surface area contributed by atoms with Crippen molar-refractivity contribution in [3.05, 3.63) is 57.8 Å². The quantitative estimate of drug-likeness (QED) is 0.867. The first kappa shape index (κ1) is 15.3. The highest BCUT2D eigenvalue weighted by Crippen LogP contribution is 2.33. The maximum absolute atomic E-state index is 6.18. The number of hydrogen-bond donors (Lipinski definition) is 1. The average molecular weight is 356 g/mol. The molecule has 1 heterocycles. The summed E-state index contributed by atoms with van der Waals surface area (Å²) in [4.78, 5) is 4.13. The first-order valence-corrected chi connectivity index (χ1v) is 7.56. The fourth-order valence-corrected chi connectivity index (χ4v) is 2.37. The fraction of sp³-hybridized carbons (Fsp3) is 0.267. The molecule has 2 aromatic rings. The number of benzene rings is 1. The summed E-state index contributed by atoms with van der Waals surface area (Å²) in [6.45, 7) is 2.03. The second kappa shape index (κ2) is 7.07. The number of rotatable bonds is 5. The molecule has 106 valence electrons. The second-order valence-electron chi connectivity index (χ2n) is 4.47. The average Bonchev–Trinajstić information content (AvgIpc) is 2.48. The zero-order valence-corrected chi connectivity index (χ0v) is 13.4. The summed E-state index contributed by atoms with van der Waals surface area (Å²) in [7, 11) is 0. The predicted molar refractivity (Wildman–Crippen MR) is 85.0 cm³/mol. The number of nitrogens with two attached hydrogens (primary N) is 1. The summed E-state index contributed by atoms with van der Waals surface area (Å²) < 4.78 is 6.95. The smallest absolute Gasteiger partial charge is 0.140 e. The van der Waals surface area contributed by atoms with Gasteiger partial charge in [0.15, 0.2) is 0 Å². The molecule has 0 aliphatic carbocycles. The van der Waals surface area contributed by atoms with E-state index >= 15 is 0 Å². The molecule has 3 nitrogen and oxygen atoms in total. The Bertz CT molecular complexity index is 565. The van der Waals surface area contributed by atoms with E-state index < -0.39 is 0 Å². The Kier molecular flexibility index (Phi) is 5.40. The van der Waals surface area contributed by atoms with Crippen LogP contribution in [0.25, 0.3) is 0 Å². The summed E-state index contributed by atoms with van der Waals surface area (Å²) >= 11 is 9.59. The van der Waals surface area contributed by atoms with E-state index in [1.807, 2.05) is 31.2 Å². The lowest BCUT2D eigenvalue weighted by Gasteiger charge is -2.25. The van der Waals surface area contributed by atoms with E-state index in [9.17, 15) is 0 Å². The molecule has 2 unspecified atom stereocenters. The molecule has 0 fully saturated rings. The second-order valence-corrected chi connectivity index (χ2v) is 5.79. The zero-order chi connectivity index (χ0) is 14.5. The van der Waals surface area contributed by atoms with Gasteiger partial charge in [-0.05, 0) is 30.7 Å². The lowest BCUT2D eigenvalue weighted by atomic mass is 10.0. The summed E-state index contributed by atoms with van der Waals surface area (Å²) in [5.41, 5.74) is 7.12. The molecule has 0 bridgehead atoms. The third-order valence-electron chi connectivity index (χ3n) is 3.02. The van der Waals surface area contributed by atoms with Crippen LogP contribution in [-0.4, -0.2) is 11.0 Å². The molecule has 0 spiro atoms. The minimum Gasteiger partial charge on any atom is -0.482 e. The van der Waals surface area contributed by atoms with E-state index in [-0.39, 0.29) is 12.1 Å². The van der Waals surface area contributed by atoms with E-state index in [4.69, 9.17) is 22.1 Å². The SMILES string of the molecule is CCC(N)C(Oc1cc(Br)ccc1Cl)c1cccnc1. The van der Waals surface area contributed by atoms with Crippen LogP contribution in [0, 0.1) is 0 Å². The third kappa shape index (κ3) is 3.72. The van der Waals surface area contributed by atoms with Gasteiger partial charge in [-0.1, -0.05) is 40.5 Å². The fourth-order valence-electron chi connectivity index (χ4n) is 1.87. The summed E-state index contributed by atoms with van der Waals surface area (Å²) in [6.07, 6.45) is 4.02. The zero-order valence-electron chi connectivity index (χ0n) is 11.1. The maximum atomic E-state index is 6.18. The summed E-state index contributed by atoms with van der Waals surface area (Å²) in [5.74, 6) is 0.610. The molecule has 0 amide bonds. The molecule has 0 saturated carbocycles. The van der Waals surface area contributed by atoms with Gasteiger partial charge in [0.1, 0.15) is 11.9 Å². The summed E-state index contributed by atoms with van der Waals surface area (Å²) in [5, 5.41) is 0.561. The van der Waals surface area contributed by atoms with Crippen LogP contribution in [0.4, 0.5) is 0 Å². The van der Waals surface area contributed by atoms with Crippen LogP contribution < -0.4 is 10.5 Å². The van der Waals surface area contributed by atoms with Crippen molar-refractivity contribution in [1.29, 1.82) is 0 Å². The van der Waals surface area contributed by atoms with Crippen molar-refractivity contribution in [2.45, 2.75) is 25.5 Å². The Morgan fingerprint density at radius 2 is 2.20 bits per heavy atom. The van der Waals surface area contributed by atoms with E-state index in [0.717, 1.165) is 16.5 Å². The van der Waals surface area contributed by atoms with Crippen LogP contribution in [0.1, 0.15) is 25.0 Å². The maximum Gasteiger partial charge on any atom is 0.140 e. The Labute approximate surface area is 132 Å². The van der Waals surface area contributed by atoms with Gasteiger partial charge in [0, 0.05) is 28.5 Å². The van der Waals surface area contributed by atoms with E-state index in [2.05, 4.69) is 20.9 Å². The van der Waals surface area contributed by atoms with Crippen molar-refractivity contribution in [3.63, 3.8) is 0 Å². The van der Waals surface area contributed by atoms with Gasteiger partial charge in [0.2, 0.25) is 0 Å². The minimum atomic E-state index is -0.277. The molecule has 5 heteroatoms. The molecule has 0 saturated heterocycles. The molecule has 0 radical (unpaired) electrons. The van der Waals surface area contributed by atoms with Crippen molar-refractivity contribution in [1.82, 2.24) is 4.98 Å². The van der Waals surface area contributed by atoms with Gasteiger partial charge in [-0.15, -0.1) is 0 Å². The molecule has 1 aromatic heterocycles. The van der Waals surface area contributed by atoms with Gasteiger partial charge in [0.25, 0.3) is 0 Å². The van der Waals surface area contributed by atoms with Crippen LogP contribution in [0.5, 0.6) is 5.75 Å². The number of ether oxygens (including phenoxy) is 1. The van der Waals surface area contributed by atoms with E-state index in [0.29, 0.717) is 10.8 Å². The number of nitrogens with zero attached hydrogens (tertiary/aromatic N) is 1. The Hall–Kier alpha value is -1.10. The number of hydrogen-bond acceptors (Lipinski definition) is 3. The van der Waals surface area contributed by atoms with Gasteiger partial charge < -0.3 is 10.5 Å². The third-order valence-corrected chi connectivity index (χ3v) is 3.83. The first-order chi connectivity index (χ1) is 9.61. The first-order valence-electron chi connectivity index (χ1n) is 6.39. The van der Waals surface area contributed by atoms with Gasteiger partial charge in [-0.2, -0.15) is 0 Å². The number of aromatic nitrogens is 1. The Balaban J connectivity index is 2.31. The van der Waals surface area contributed by atoms with Gasteiger partial charge in [-0.3, -0.25) is 4.98 Å². The molecule has 2 N–H and O–H groups in total. The van der Waals surface area contributed by atoms with E-state index in [1.54, 1.807) is 18.5 Å². The molecular weight excluding hydrogens is 340 g/mol. The molecule has 2 rings (SSSR count). The lowest BCUT2D eigenvalue weighted by Crippen LogP contribution is -2.31. The molecule has 0 aliphatic heterocycles. The van der Waals surface area contributed by atoms with Crippen molar-refractivity contribution >= 4 is 27.5 Å². The molecule has 2 atom stereocenters. The van der Waals surface area contributed by atoms with Crippen LogP contribution in [0.15, 0.2) is 47.2 Å². The van der Waals surface area contributed by atoms with Crippen LogP contribution in [-0.2, 0) is 0 Å². The monoisotopic (exact) mass is 354 g/mol. The predicted octanol–water partition coefficient (Wildman–Crippen LogP) is 4.35. The number of pyridine rings is 1. The normalized spacial score (nSPS) is 13.8. The van der Waals surface area contributed by atoms with Crippen molar-refractivity contribution in [2.75, 3.05) is 0 Å².